The van der Waals surface area contributed by atoms with Gasteiger partial charge in [-0.25, -0.2) is 9.78 Å². The van der Waals surface area contributed by atoms with Gasteiger partial charge in [-0.05, 0) is 37.8 Å². The van der Waals surface area contributed by atoms with Gasteiger partial charge in [-0.1, -0.05) is 0 Å². The predicted octanol–water partition coefficient (Wildman–Crippen LogP) is 2.52. The molecule has 28 heavy (non-hydrogen) atoms. The van der Waals surface area contributed by atoms with Crippen molar-refractivity contribution < 1.29 is 4.79 Å². The number of amides is 2. The second kappa shape index (κ2) is 6.56. The smallest absolute Gasteiger partial charge is 0.323 e. The average Bonchev–Trinajstić information content (AvgIpc) is 3.22. The maximum absolute atomic E-state index is 12.9. The molecule has 8 heteroatoms. The number of rotatable bonds is 2. The Morgan fingerprint density at radius 2 is 1.89 bits per heavy atom. The number of pyridine rings is 2. The van der Waals surface area contributed by atoms with E-state index in [-0.39, 0.29) is 24.2 Å². The molecule has 0 aromatic carbocycles. The molecule has 2 fully saturated rings. The zero-order valence-corrected chi connectivity index (χ0v) is 15.7. The molecule has 8 nitrogen and oxygen atoms in total. The molecule has 3 aromatic heterocycles. The quantitative estimate of drug-likeness (QED) is 0.714. The molecule has 0 spiro atoms. The number of aromatic nitrogens is 4. The van der Waals surface area contributed by atoms with E-state index in [1.54, 1.807) is 10.9 Å². The molecule has 3 aromatic rings. The Bertz CT molecular complexity index is 1030. The standard InChI is InChI=1S/C20H23N7O/c1-26-11-14(9-24-26)13-4-12-5-19(23-10-18(12)22-8-13)25-20(28)27-16-2-3-17(27)7-15(21)6-16/h4-5,8-11,15-17H,2-3,6-7,21H2,1H3,(H,23,25,28)/t15?,16-,17+. The number of anilines is 1. The van der Waals surface area contributed by atoms with E-state index >= 15 is 0 Å². The molecule has 0 aliphatic carbocycles. The lowest BCUT2D eigenvalue weighted by atomic mass is 9.99. The Hall–Kier alpha value is -3.00. The van der Waals surface area contributed by atoms with E-state index in [0.29, 0.717) is 5.82 Å². The molecule has 0 saturated carbocycles. The first-order valence-corrected chi connectivity index (χ1v) is 9.66. The summed E-state index contributed by atoms with van der Waals surface area (Å²) >= 11 is 0. The van der Waals surface area contributed by atoms with Crippen LogP contribution in [0.1, 0.15) is 25.7 Å². The van der Waals surface area contributed by atoms with Crippen LogP contribution in [0.15, 0.2) is 36.9 Å². The molecule has 2 amide bonds. The number of carbonyl (C=O) groups excluding carboxylic acids is 1. The molecule has 1 unspecified atom stereocenters. The fraction of sp³-hybridized carbons (Fsp3) is 0.400. The van der Waals surface area contributed by atoms with Gasteiger partial charge in [0.05, 0.1) is 17.9 Å². The van der Waals surface area contributed by atoms with E-state index in [2.05, 4.69) is 20.4 Å². The van der Waals surface area contributed by atoms with Crippen LogP contribution in [0.3, 0.4) is 0 Å². The van der Waals surface area contributed by atoms with Gasteiger partial charge < -0.3 is 10.6 Å². The molecule has 2 aliphatic rings. The monoisotopic (exact) mass is 377 g/mol. The number of fused-ring (bicyclic) bond motifs is 3. The van der Waals surface area contributed by atoms with Crippen LogP contribution in [0.25, 0.3) is 22.0 Å². The van der Waals surface area contributed by atoms with Gasteiger partial charge in [0.2, 0.25) is 0 Å². The highest BCUT2D eigenvalue weighted by atomic mass is 16.2. The first-order valence-electron chi connectivity index (χ1n) is 9.66. The summed E-state index contributed by atoms with van der Waals surface area (Å²) in [7, 11) is 1.89. The van der Waals surface area contributed by atoms with Gasteiger partial charge in [-0.15, -0.1) is 0 Å². The Balaban J connectivity index is 1.39. The fourth-order valence-corrected chi connectivity index (χ4v) is 4.55. The Kier molecular flexibility index (Phi) is 4.01. The topological polar surface area (TPSA) is 102 Å². The molecule has 3 N–H and O–H groups in total. The molecule has 5 rings (SSSR count). The summed E-state index contributed by atoms with van der Waals surface area (Å²) in [4.78, 5) is 23.7. The number of piperidine rings is 1. The number of hydrogen-bond donors (Lipinski definition) is 2. The molecular formula is C20H23N7O. The van der Waals surface area contributed by atoms with Crippen LogP contribution in [0.2, 0.25) is 0 Å². The summed E-state index contributed by atoms with van der Waals surface area (Å²) in [5.41, 5.74) is 8.88. The minimum absolute atomic E-state index is 0.0809. The zero-order chi connectivity index (χ0) is 19.3. The SMILES string of the molecule is Cn1cc(-c2cnc3cnc(NC(=O)N4[C@@H]5CC[C@H]4CC(N)C5)cc3c2)cn1. The van der Waals surface area contributed by atoms with Crippen molar-refractivity contribution in [2.45, 2.75) is 43.8 Å². The van der Waals surface area contributed by atoms with E-state index in [4.69, 9.17) is 5.73 Å². The molecule has 2 aliphatic heterocycles. The van der Waals surface area contributed by atoms with Crippen molar-refractivity contribution in [3.8, 4) is 11.1 Å². The second-order valence-electron chi connectivity index (χ2n) is 7.84. The fourth-order valence-electron chi connectivity index (χ4n) is 4.55. The molecule has 3 atom stereocenters. The Labute approximate surface area is 162 Å². The average molecular weight is 377 g/mol. The van der Waals surface area contributed by atoms with E-state index in [1.165, 1.54) is 0 Å². The van der Waals surface area contributed by atoms with Crippen LogP contribution in [0, 0.1) is 0 Å². The summed E-state index contributed by atoms with van der Waals surface area (Å²) in [5, 5.41) is 8.11. The maximum atomic E-state index is 12.9. The van der Waals surface area contributed by atoms with Crippen LogP contribution < -0.4 is 11.1 Å². The summed E-state index contributed by atoms with van der Waals surface area (Å²) in [6.45, 7) is 0. The van der Waals surface area contributed by atoms with Gasteiger partial charge in [-0.3, -0.25) is 15.0 Å². The second-order valence-corrected chi connectivity index (χ2v) is 7.84. The van der Waals surface area contributed by atoms with Gasteiger partial charge in [0.1, 0.15) is 5.82 Å². The third-order valence-electron chi connectivity index (χ3n) is 5.84. The maximum Gasteiger partial charge on any atom is 0.323 e. The van der Waals surface area contributed by atoms with Crippen LogP contribution >= 0.6 is 0 Å². The van der Waals surface area contributed by atoms with Crippen molar-refractivity contribution in [1.82, 2.24) is 24.6 Å². The third-order valence-corrected chi connectivity index (χ3v) is 5.84. The zero-order valence-electron chi connectivity index (χ0n) is 15.7. The van der Waals surface area contributed by atoms with E-state index < -0.39 is 0 Å². The van der Waals surface area contributed by atoms with Gasteiger partial charge >= 0.3 is 6.03 Å². The van der Waals surface area contributed by atoms with E-state index in [9.17, 15) is 4.79 Å². The number of nitrogens with zero attached hydrogens (tertiary/aromatic N) is 5. The molecule has 144 valence electrons. The first-order chi connectivity index (χ1) is 13.6. The van der Waals surface area contributed by atoms with Gasteiger partial charge in [0.15, 0.2) is 0 Å². The predicted molar refractivity (Wildman–Crippen MR) is 107 cm³/mol. The molecule has 0 radical (unpaired) electrons. The Morgan fingerprint density at radius 1 is 1.11 bits per heavy atom. The summed E-state index contributed by atoms with van der Waals surface area (Å²) in [5.74, 6) is 0.539. The van der Waals surface area contributed by atoms with Crippen molar-refractivity contribution >= 4 is 22.8 Å². The van der Waals surface area contributed by atoms with Gasteiger partial charge in [0, 0.05) is 54.1 Å². The van der Waals surface area contributed by atoms with Crippen molar-refractivity contribution in [1.29, 1.82) is 0 Å². The highest BCUT2D eigenvalue weighted by molar-refractivity contribution is 5.92. The minimum Gasteiger partial charge on any atom is -0.328 e. The molecule has 2 saturated heterocycles. The number of aryl methyl sites for hydroxylation is 1. The lowest BCUT2D eigenvalue weighted by Gasteiger charge is -2.37. The van der Waals surface area contributed by atoms with Crippen LogP contribution in [-0.2, 0) is 7.05 Å². The number of nitrogens with two attached hydrogens (primary N) is 1. The highest BCUT2D eigenvalue weighted by Gasteiger charge is 2.42. The van der Waals surface area contributed by atoms with Crippen molar-refractivity contribution in [3.05, 3.63) is 36.9 Å². The normalized spacial score (nSPS) is 23.9. The van der Waals surface area contributed by atoms with Crippen molar-refractivity contribution in [2.24, 2.45) is 12.8 Å². The highest BCUT2D eigenvalue weighted by Crippen LogP contribution is 2.35. The largest absolute Gasteiger partial charge is 0.328 e. The molecular weight excluding hydrogens is 354 g/mol. The summed E-state index contributed by atoms with van der Waals surface area (Å²) in [6, 6.07) is 4.53. The van der Waals surface area contributed by atoms with Crippen molar-refractivity contribution in [2.75, 3.05) is 5.32 Å². The lowest BCUT2D eigenvalue weighted by molar-refractivity contribution is 0.150. The number of hydrogen-bond acceptors (Lipinski definition) is 5. The van der Waals surface area contributed by atoms with Crippen LogP contribution in [0.4, 0.5) is 10.6 Å². The number of urea groups is 1. The van der Waals surface area contributed by atoms with Gasteiger partial charge in [-0.2, -0.15) is 5.10 Å². The summed E-state index contributed by atoms with van der Waals surface area (Å²) < 4.78 is 1.76. The lowest BCUT2D eigenvalue weighted by Crippen LogP contribution is -2.51. The minimum atomic E-state index is -0.0809. The van der Waals surface area contributed by atoms with Crippen molar-refractivity contribution in [3.63, 3.8) is 0 Å². The van der Waals surface area contributed by atoms with E-state index in [0.717, 1.165) is 47.7 Å². The Morgan fingerprint density at radius 3 is 2.61 bits per heavy atom. The molecule has 2 bridgehead atoms. The van der Waals surface area contributed by atoms with Crippen LogP contribution in [0.5, 0.6) is 0 Å². The first kappa shape index (κ1) is 17.1. The summed E-state index contributed by atoms with van der Waals surface area (Å²) in [6.07, 6.45) is 11.1. The third kappa shape index (κ3) is 2.99. The molecule has 5 heterocycles. The van der Waals surface area contributed by atoms with E-state index in [1.807, 2.05) is 42.7 Å². The number of nitrogens with one attached hydrogen (secondary N) is 1. The van der Waals surface area contributed by atoms with Crippen LogP contribution in [-0.4, -0.2) is 48.8 Å². The van der Waals surface area contributed by atoms with Gasteiger partial charge in [0.25, 0.3) is 0 Å². The number of carbonyl (C=O) groups is 1.